The maximum absolute atomic E-state index is 6.24. The Morgan fingerprint density at radius 3 is 2.78 bits per heavy atom. The van der Waals surface area contributed by atoms with E-state index in [0.29, 0.717) is 11.9 Å². The summed E-state index contributed by atoms with van der Waals surface area (Å²) in [6, 6.07) is 6.60. The molecular weight excluding hydrogens is 267 g/mol. The Bertz CT molecular complexity index is 556. The lowest BCUT2D eigenvalue weighted by Gasteiger charge is -2.15. The second kappa shape index (κ2) is 5.10. The van der Waals surface area contributed by atoms with E-state index in [4.69, 9.17) is 28.2 Å². The summed E-state index contributed by atoms with van der Waals surface area (Å²) in [5, 5.41) is 0.736. The normalized spacial score (nSPS) is 16.8. The third-order valence-corrected chi connectivity index (χ3v) is 4.25. The van der Waals surface area contributed by atoms with Crippen LogP contribution in [0.2, 0.25) is 5.02 Å². The molecule has 96 valence electrons. The van der Waals surface area contributed by atoms with Crippen molar-refractivity contribution in [2.45, 2.75) is 38.1 Å². The number of alkyl halides is 1. The predicted molar refractivity (Wildman–Crippen MR) is 76.7 cm³/mol. The monoisotopic (exact) mass is 282 g/mol. The number of para-hydroxylation sites is 1. The zero-order chi connectivity index (χ0) is 12.5. The summed E-state index contributed by atoms with van der Waals surface area (Å²) in [5.74, 6) is 1.69. The van der Waals surface area contributed by atoms with Crippen LogP contribution in [0.15, 0.2) is 18.2 Å². The number of benzene rings is 1. The van der Waals surface area contributed by atoms with E-state index in [9.17, 15) is 0 Å². The predicted octanol–water partition coefficient (Wildman–Crippen LogP) is 4.59. The maximum atomic E-state index is 6.24. The number of nitrogens with zero attached hydrogens (tertiary/aromatic N) is 2. The van der Waals surface area contributed by atoms with Gasteiger partial charge in [0.1, 0.15) is 11.3 Å². The first-order valence-corrected chi connectivity index (χ1v) is 7.44. The zero-order valence-corrected chi connectivity index (χ0v) is 11.7. The van der Waals surface area contributed by atoms with Gasteiger partial charge in [-0.05, 0) is 25.0 Å². The third kappa shape index (κ3) is 2.02. The van der Waals surface area contributed by atoms with Crippen LogP contribution in [-0.4, -0.2) is 15.4 Å². The molecule has 0 radical (unpaired) electrons. The van der Waals surface area contributed by atoms with Gasteiger partial charge in [-0.1, -0.05) is 30.5 Å². The maximum Gasteiger partial charge on any atom is 0.111 e. The number of halogens is 2. The molecule has 0 unspecified atom stereocenters. The van der Waals surface area contributed by atoms with Crippen LogP contribution in [0.25, 0.3) is 11.0 Å². The fourth-order valence-electron chi connectivity index (χ4n) is 2.96. The molecule has 1 fully saturated rings. The minimum atomic E-state index is 0.576. The fourth-order valence-corrected chi connectivity index (χ4v) is 3.34. The summed E-state index contributed by atoms with van der Waals surface area (Å²) in [5.41, 5.74) is 2.08. The molecule has 2 nitrogen and oxygen atoms in total. The molecule has 4 heteroatoms. The summed E-state index contributed by atoms with van der Waals surface area (Å²) in [7, 11) is 0. The van der Waals surface area contributed by atoms with Crippen LogP contribution in [0.1, 0.15) is 37.5 Å². The van der Waals surface area contributed by atoms with Crippen LogP contribution in [0, 0.1) is 0 Å². The van der Waals surface area contributed by atoms with Gasteiger partial charge in [0, 0.05) is 18.3 Å². The average Bonchev–Trinajstić information content (AvgIpc) is 2.96. The Balaban J connectivity index is 2.18. The molecule has 18 heavy (non-hydrogen) atoms. The van der Waals surface area contributed by atoms with Crippen molar-refractivity contribution in [3.63, 3.8) is 0 Å². The van der Waals surface area contributed by atoms with E-state index in [2.05, 4.69) is 10.6 Å². The number of aromatic nitrogens is 2. The molecule has 0 N–H and O–H groups in total. The molecule has 1 saturated carbocycles. The molecule has 0 spiro atoms. The second-order valence-electron chi connectivity index (χ2n) is 4.88. The molecule has 0 amide bonds. The zero-order valence-electron chi connectivity index (χ0n) is 10.2. The standard InChI is InChI=1S/C14H16Cl2N2/c15-9-8-13-17-14-11(16)6-3-7-12(14)18(13)10-4-1-2-5-10/h3,6-7,10H,1-2,4-5,8-9H2. The van der Waals surface area contributed by atoms with Crippen LogP contribution in [-0.2, 0) is 6.42 Å². The summed E-state index contributed by atoms with van der Waals surface area (Å²) in [6.45, 7) is 0. The van der Waals surface area contributed by atoms with Crippen LogP contribution in [0.4, 0.5) is 0 Å². The van der Waals surface area contributed by atoms with Gasteiger partial charge >= 0.3 is 0 Å². The first-order valence-electron chi connectivity index (χ1n) is 6.52. The van der Waals surface area contributed by atoms with Crippen molar-refractivity contribution in [1.29, 1.82) is 0 Å². The number of fused-ring (bicyclic) bond motifs is 1. The van der Waals surface area contributed by atoms with E-state index in [1.165, 1.54) is 25.7 Å². The van der Waals surface area contributed by atoms with Crippen LogP contribution >= 0.6 is 23.2 Å². The van der Waals surface area contributed by atoms with Crippen molar-refractivity contribution in [2.24, 2.45) is 0 Å². The van der Waals surface area contributed by atoms with Gasteiger partial charge < -0.3 is 4.57 Å². The lowest BCUT2D eigenvalue weighted by atomic mass is 10.2. The van der Waals surface area contributed by atoms with E-state index in [0.717, 1.165) is 28.3 Å². The molecule has 0 bridgehead atoms. The van der Waals surface area contributed by atoms with Crippen molar-refractivity contribution >= 4 is 34.2 Å². The highest BCUT2D eigenvalue weighted by Gasteiger charge is 2.22. The van der Waals surface area contributed by atoms with E-state index in [-0.39, 0.29) is 0 Å². The second-order valence-corrected chi connectivity index (χ2v) is 5.67. The van der Waals surface area contributed by atoms with Gasteiger partial charge in [0.15, 0.2) is 0 Å². The van der Waals surface area contributed by atoms with E-state index in [1.54, 1.807) is 0 Å². The van der Waals surface area contributed by atoms with Gasteiger partial charge in [0.05, 0.1) is 10.5 Å². The highest BCUT2D eigenvalue weighted by atomic mass is 35.5. The molecule has 0 atom stereocenters. The van der Waals surface area contributed by atoms with Crippen LogP contribution in [0.3, 0.4) is 0 Å². The van der Waals surface area contributed by atoms with E-state index >= 15 is 0 Å². The Hall–Kier alpha value is -0.730. The smallest absolute Gasteiger partial charge is 0.111 e. The summed E-state index contributed by atoms with van der Waals surface area (Å²) < 4.78 is 2.37. The largest absolute Gasteiger partial charge is 0.325 e. The molecule has 0 saturated heterocycles. The SMILES string of the molecule is ClCCc1nc2c(Cl)cccc2n1C1CCCC1. The van der Waals surface area contributed by atoms with Gasteiger partial charge in [0.2, 0.25) is 0 Å². The summed E-state index contributed by atoms with van der Waals surface area (Å²) >= 11 is 12.1. The number of rotatable bonds is 3. The Kier molecular flexibility index (Phi) is 3.49. The number of hydrogen-bond donors (Lipinski definition) is 0. The molecule has 3 rings (SSSR count). The Morgan fingerprint density at radius 2 is 2.06 bits per heavy atom. The van der Waals surface area contributed by atoms with Crippen LogP contribution in [0.5, 0.6) is 0 Å². The molecule has 1 aromatic carbocycles. The van der Waals surface area contributed by atoms with E-state index < -0.39 is 0 Å². The molecule has 1 aromatic heterocycles. The average molecular weight is 283 g/mol. The first-order chi connectivity index (χ1) is 8.81. The first kappa shape index (κ1) is 12.3. The van der Waals surface area contributed by atoms with Crippen LogP contribution < -0.4 is 0 Å². The highest BCUT2D eigenvalue weighted by Crippen LogP contribution is 2.35. The van der Waals surface area contributed by atoms with Gasteiger partial charge in [-0.25, -0.2) is 4.98 Å². The van der Waals surface area contributed by atoms with Crippen molar-refractivity contribution in [3.8, 4) is 0 Å². The van der Waals surface area contributed by atoms with Crippen molar-refractivity contribution in [3.05, 3.63) is 29.0 Å². The van der Waals surface area contributed by atoms with Crippen molar-refractivity contribution in [2.75, 3.05) is 5.88 Å². The third-order valence-electron chi connectivity index (χ3n) is 3.75. The molecule has 1 aliphatic rings. The molecule has 1 heterocycles. The highest BCUT2D eigenvalue weighted by molar-refractivity contribution is 6.34. The molecular formula is C14H16Cl2N2. The molecule has 1 aliphatic carbocycles. The van der Waals surface area contributed by atoms with Gasteiger partial charge in [0.25, 0.3) is 0 Å². The number of aryl methyl sites for hydroxylation is 1. The van der Waals surface area contributed by atoms with E-state index in [1.807, 2.05) is 12.1 Å². The summed E-state index contributed by atoms with van der Waals surface area (Å²) in [6.07, 6.45) is 5.92. The van der Waals surface area contributed by atoms with Gasteiger partial charge in [-0.2, -0.15) is 0 Å². The molecule has 2 aromatic rings. The number of imidazole rings is 1. The number of hydrogen-bond acceptors (Lipinski definition) is 1. The summed E-state index contributed by atoms with van der Waals surface area (Å²) in [4.78, 5) is 4.69. The quantitative estimate of drug-likeness (QED) is 0.753. The lowest BCUT2D eigenvalue weighted by Crippen LogP contribution is -2.09. The lowest BCUT2D eigenvalue weighted by molar-refractivity contribution is 0.513. The van der Waals surface area contributed by atoms with Gasteiger partial charge in [-0.15, -0.1) is 11.6 Å². The minimum Gasteiger partial charge on any atom is -0.325 e. The van der Waals surface area contributed by atoms with Crippen molar-refractivity contribution in [1.82, 2.24) is 9.55 Å². The van der Waals surface area contributed by atoms with Crippen molar-refractivity contribution < 1.29 is 0 Å². The Labute approximate surface area is 117 Å². The van der Waals surface area contributed by atoms with Gasteiger partial charge in [-0.3, -0.25) is 0 Å². The minimum absolute atomic E-state index is 0.576. The molecule has 0 aliphatic heterocycles. The Morgan fingerprint density at radius 1 is 1.28 bits per heavy atom. The fraction of sp³-hybridized carbons (Fsp3) is 0.500. The topological polar surface area (TPSA) is 17.8 Å².